The van der Waals surface area contributed by atoms with Crippen LogP contribution >= 0.6 is 11.8 Å². The van der Waals surface area contributed by atoms with E-state index in [9.17, 15) is 29.1 Å². The number of amides is 3. The van der Waals surface area contributed by atoms with Gasteiger partial charge in [-0.15, -0.1) is 0 Å². The summed E-state index contributed by atoms with van der Waals surface area (Å²) in [6, 6.07) is -4.31. The Hall–Kier alpha value is -2.38. The Balaban J connectivity index is 5.47. The number of aliphatic carboxylic acids is 2. The average Bonchev–Trinajstić information content (AvgIpc) is 2.77. The number of unbranched alkanes of at least 4 members (excludes halogenated alkanes) is 1. The minimum atomic E-state index is -1.22. The van der Waals surface area contributed by atoms with Crippen LogP contribution in [0.4, 0.5) is 0 Å². The molecule has 9 N–H and O–H groups in total. The van der Waals surface area contributed by atoms with E-state index in [0.29, 0.717) is 31.6 Å². The van der Waals surface area contributed by atoms with Gasteiger partial charge in [0.15, 0.2) is 0 Å². The summed E-state index contributed by atoms with van der Waals surface area (Å²) < 4.78 is 0. The Morgan fingerprint density at radius 3 is 1.86 bits per heavy atom. The van der Waals surface area contributed by atoms with Crippen molar-refractivity contribution in [2.24, 2.45) is 17.4 Å². The Morgan fingerprint density at radius 2 is 1.37 bits per heavy atom. The highest BCUT2D eigenvalue weighted by Crippen LogP contribution is 2.08. The van der Waals surface area contributed by atoms with Crippen molar-refractivity contribution in [1.29, 1.82) is 0 Å². The van der Waals surface area contributed by atoms with Gasteiger partial charge in [0.05, 0.1) is 6.04 Å². The lowest BCUT2D eigenvalue weighted by Crippen LogP contribution is -2.57. The summed E-state index contributed by atoms with van der Waals surface area (Å²) in [6.07, 6.45) is 3.11. The third-order valence-electron chi connectivity index (χ3n) is 5.15. The zero-order chi connectivity index (χ0) is 27.0. The van der Waals surface area contributed by atoms with E-state index in [1.165, 1.54) is 11.8 Å². The van der Waals surface area contributed by atoms with Crippen molar-refractivity contribution < 1.29 is 34.2 Å². The zero-order valence-corrected chi connectivity index (χ0v) is 21.6. The molecule has 4 unspecified atom stereocenters. The smallest absolute Gasteiger partial charge is 0.326 e. The van der Waals surface area contributed by atoms with Crippen LogP contribution in [0.3, 0.4) is 0 Å². The second-order valence-corrected chi connectivity index (χ2v) is 9.74. The first kappa shape index (κ1) is 32.6. The topological polar surface area (TPSA) is 214 Å². The van der Waals surface area contributed by atoms with Crippen molar-refractivity contribution >= 4 is 41.4 Å². The van der Waals surface area contributed by atoms with E-state index >= 15 is 0 Å². The molecule has 3 amide bonds. The summed E-state index contributed by atoms with van der Waals surface area (Å²) in [6.45, 7) is 4.17. The summed E-state index contributed by atoms with van der Waals surface area (Å²) in [5.74, 6) is -3.73. The van der Waals surface area contributed by atoms with E-state index in [-0.39, 0.29) is 31.6 Å². The first-order chi connectivity index (χ1) is 16.4. The van der Waals surface area contributed by atoms with Crippen LogP contribution in [-0.4, -0.2) is 82.6 Å². The SMILES string of the molecule is CSCCC(NC(=O)C(CCC(=O)O)NC(=O)C(N)CC(C)C)C(=O)NC(CCCCN)C(=O)O. The Labute approximate surface area is 210 Å². The molecule has 0 fully saturated rings. The number of carbonyl (C=O) groups excluding carboxylic acids is 3. The van der Waals surface area contributed by atoms with E-state index in [0.717, 1.165) is 0 Å². The maximum atomic E-state index is 13.0. The second kappa shape index (κ2) is 18.0. The van der Waals surface area contributed by atoms with Gasteiger partial charge in [0.25, 0.3) is 0 Å². The van der Waals surface area contributed by atoms with Crippen LogP contribution in [0.2, 0.25) is 0 Å². The first-order valence-corrected chi connectivity index (χ1v) is 13.1. The Bertz CT molecular complexity index is 708. The van der Waals surface area contributed by atoms with Crippen LogP contribution in [0.25, 0.3) is 0 Å². The highest BCUT2D eigenvalue weighted by atomic mass is 32.2. The Morgan fingerprint density at radius 1 is 0.829 bits per heavy atom. The molecule has 0 spiro atoms. The summed E-state index contributed by atoms with van der Waals surface area (Å²) in [4.78, 5) is 60.9. The predicted octanol–water partition coefficient (Wildman–Crippen LogP) is -0.354. The van der Waals surface area contributed by atoms with Gasteiger partial charge in [-0.25, -0.2) is 4.79 Å². The molecule has 0 saturated heterocycles. The highest BCUT2D eigenvalue weighted by molar-refractivity contribution is 7.98. The summed E-state index contributed by atoms with van der Waals surface area (Å²) in [5, 5.41) is 26.0. The van der Waals surface area contributed by atoms with Crippen LogP contribution < -0.4 is 27.4 Å². The molecular weight excluding hydrogens is 478 g/mol. The predicted molar refractivity (Wildman–Crippen MR) is 134 cm³/mol. The number of carbonyl (C=O) groups is 5. The number of thioether (sulfide) groups is 1. The number of hydrogen-bond acceptors (Lipinski definition) is 8. The van der Waals surface area contributed by atoms with Gasteiger partial charge in [-0.2, -0.15) is 11.8 Å². The molecule has 0 aromatic rings. The maximum absolute atomic E-state index is 13.0. The number of nitrogens with one attached hydrogen (secondary N) is 3. The fourth-order valence-electron chi connectivity index (χ4n) is 3.23. The summed E-state index contributed by atoms with van der Waals surface area (Å²) in [5.41, 5.74) is 11.3. The van der Waals surface area contributed by atoms with Crippen LogP contribution in [0.1, 0.15) is 58.8 Å². The number of nitrogens with two attached hydrogens (primary N) is 2. The van der Waals surface area contributed by atoms with Crippen LogP contribution in [0.15, 0.2) is 0 Å². The number of carboxylic acid groups (broad SMARTS) is 2. The second-order valence-electron chi connectivity index (χ2n) is 8.76. The minimum Gasteiger partial charge on any atom is -0.481 e. The van der Waals surface area contributed by atoms with Gasteiger partial charge >= 0.3 is 11.9 Å². The van der Waals surface area contributed by atoms with Gasteiger partial charge in [-0.3, -0.25) is 19.2 Å². The van der Waals surface area contributed by atoms with Crippen LogP contribution in [0, 0.1) is 5.92 Å². The first-order valence-electron chi connectivity index (χ1n) is 11.7. The van der Waals surface area contributed by atoms with E-state index in [1.54, 1.807) is 0 Å². The van der Waals surface area contributed by atoms with Gasteiger partial charge in [0.2, 0.25) is 17.7 Å². The van der Waals surface area contributed by atoms with Crippen molar-refractivity contribution in [3.63, 3.8) is 0 Å². The quantitative estimate of drug-likeness (QED) is 0.110. The molecule has 0 aliphatic rings. The maximum Gasteiger partial charge on any atom is 0.326 e. The standard InChI is InChI=1S/C22H41N5O7S/c1-13(2)12-14(24)19(30)25-15(7-8-18(28)29)20(31)26-16(9-11-35-3)21(32)27-17(22(33)34)6-4-5-10-23/h13-17H,4-12,23-24H2,1-3H3,(H,25,30)(H,26,31)(H,27,32)(H,28,29)(H,33,34). The van der Waals surface area contributed by atoms with Crippen molar-refractivity contribution in [3.8, 4) is 0 Å². The molecule has 4 atom stereocenters. The fourth-order valence-corrected chi connectivity index (χ4v) is 3.70. The summed E-state index contributed by atoms with van der Waals surface area (Å²) >= 11 is 1.43. The van der Waals surface area contributed by atoms with Crippen LogP contribution in [-0.2, 0) is 24.0 Å². The molecule has 35 heavy (non-hydrogen) atoms. The molecule has 0 rings (SSSR count). The third kappa shape index (κ3) is 14.6. The molecule has 0 aliphatic carbocycles. The molecule has 0 aromatic carbocycles. The fraction of sp³-hybridized carbons (Fsp3) is 0.773. The van der Waals surface area contributed by atoms with E-state index in [2.05, 4.69) is 16.0 Å². The van der Waals surface area contributed by atoms with Crippen molar-refractivity contribution in [2.75, 3.05) is 18.6 Å². The highest BCUT2D eigenvalue weighted by Gasteiger charge is 2.30. The van der Waals surface area contributed by atoms with Gasteiger partial charge in [-0.05, 0) is 63.0 Å². The number of hydrogen-bond donors (Lipinski definition) is 7. The molecule has 202 valence electrons. The van der Waals surface area contributed by atoms with Crippen molar-refractivity contribution in [3.05, 3.63) is 0 Å². The number of carboxylic acids is 2. The van der Waals surface area contributed by atoms with Gasteiger partial charge in [0.1, 0.15) is 18.1 Å². The van der Waals surface area contributed by atoms with Gasteiger partial charge in [-0.1, -0.05) is 13.8 Å². The normalized spacial score (nSPS) is 14.5. The van der Waals surface area contributed by atoms with Crippen molar-refractivity contribution in [2.45, 2.75) is 83.0 Å². The summed E-state index contributed by atoms with van der Waals surface area (Å²) in [7, 11) is 0. The van der Waals surface area contributed by atoms with Crippen LogP contribution in [0.5, 0.6) is 0 Å². The molecule has 0 bridgehead atoms. The lowest BCUT2D eigenvalue weighted by molar-refractivity contribution is -0.142. The van der Waals surface area contributed by atoms with E-state index in [4.69, 9.17) is 16.6 Å². The molecule has 0 aromatic heterocycles. The number of rotatable bonds is 19. The zero-order valence-electron chi connectivity index (χ0n) is 20.7. The lowest BCUT2D eigenvalue weighted by Gasteiger charge is -2.25. The molecule has 0 heterocycles. The molecular formula is C22H41N5O7S. The van der Waals surface area contributed by atoms with Crippen molar-refractivity contribution in [1.82, 2.24) is 16.0 Å². The molecule has 0 aliphatic heterocycles. The van der Waals surface area contributed by atoms with Gasteiger partial charge in [0, 0.05) is 6.42 Å². The van der Waals surface area contributed by atoms with E-state index in [1.807, 2.05) is 20.1 Å². The lowest BCUT2D eigenvalue weighted by atomic mass is 10.0. The monoisotopic (exact) mass is 519 g/mol. The average molecular weight is 520 g/mol. The third-order valence-corrected chi connectivity index (χ3v) is 5.79. The molecule has 0 radical (unpaired) electrons. The van der Waals surface area contributed by atoms with Gasteiger partial charge < -0.3 is 37.6 Å². The molecule has 13 heteroatoms. The Kier molecular flexibility index (Phi) is 16.7. The van der Waals surface area contributed by atoms with E-state index < -0.39 is 53.8 Å². The molecule has 12 nitrogen and oxygen atoms in total. The largest absolute Gasteiger partial charge is 0.481 e. The molecule has 0 saturated carbocycles. The minimum absolute atomic E-state index is 0.133.